The van der Waals surface area contributed by atoms with E-state index in [2.05, 4.69) is 17.9 Å². The van der Waals surface area contributed by atoms with E-state index in [1.165, 1.54) is 32.4 Å². The SMILES string of the molecule is CCCC1CCN(CCCOc2ccc(C#N)cc2)C1. The van der Waals surface area contributed by atoms with Gasteiger partial charge in [-0.15, -0.1) is 0 Å². The molecule has 2 rings (SSSR count). The van der Waals surface area contributed by atoms with Crippen LogP contribution in [0.3, 0.4) is 0 Å². The maximum Gasteiger partial charge on any atom is 0.119 e. The summed E-state index contributed by atoms with van der Waals surface area (Å²) >= 11 is 0. The van der Waals surface area contributed by atoms with Crippen molar-refractivity contribution in [3.63, 3.8) is 0 Å². The fraction of sp³-hybridized carbons (Fsp3) is 0.588. The van der Waals surface area contributed by atoms with Crippen molar-refractivity contribution in [2.24, 2.45) is 5.92 Å². The van der Waals surface area contributed by atoms with Crippen LogP contribution >= 0.6 is 0 Å². The number of hydrogen-bond acceptors (Lipinski definition) is 3. The Kier molecular flexibility index (Phi) is 5.88. The molecule has 1 atom stereocenters. The normalized spacial score (nSPS) is 18.9. The van der Waals surface area contributed by atoms with Gasteiger partial charge in [-0.3, -0.25) is 0 Å². The van der Waals surface area contributed by atoms with Gasteiger partial charge in [0.15, 0.2) is 0 Å². The van der Waals surface area contributed by atoms with Gasteiger partial charge in [0.05, 0.1) is 18.2 Å². The Morgan fingerprint density at radius 2 is 2.15 bits per heavy atom. The maximum atomic E-state index is 8.73. The third-order valence-electron chi connectivity index (χ3n) is 3.94. The van der Waals surface area contributed by atoms with Crippen LogP contribution in [0.1, 0.15) is 38.2 Å². The lowest BCUT2D eigenvalue weighted by molar-refractivity contribution is 0.257. The molecule has 0 saturated carbocycles. The molecule has 1 heterocycles. The maximum absolute atomic E-state index is 8.73. The highest BCUT2D eigenvalue weighted by molar-refractivity contribution is 5.34. The van der Waals surface area contributed by atoms with Crippen molar-refractivity contribution < 1.29 is 4.74 Å². The predicted molar refractivity (Wildman–Crippen MR) is 80.7 cm³/mol. The van der Waals surface area contributed by atoms with Gasteiger partial charge in [0.1, 0.15) is 5.75 Å². The second kappa shape index (κ2) is 7.91. The Labute approximate surface area is 122 Å². The summed E-state index contributed by atoms with van der Waals surface area (Å²) < 4.78 is 5.70. The highest BCUT2D eigenvalue weighted by Gasteiger charge is 2.20. The van der Waals surface area contributed by atoms with Crippen molar-refractivity contribution in [1.82, 2.24) is 4.90 Å². The molecule has 1 saturated heterocycles. The molecule has 3 nitrogen and oxygen atoms in total. The van der Waals surface area contributed by atoms with Crippen LogP contribution in [-0.4, -0.2) is 31.1 Å². The van der Waals surface area contributed by atoms with Crippen molar-refractivity contribution in [1.29, 1.82) is 5.26 Å². The minimum Gasteiger partial charge on any atom is -0.494 e. The van der Waals surface area contributed by atoms with Gasteiger partial charge in [0.2, 0.25) is 0 Å². The zero-order chi connectivity index (χ0) is 14.2. The first-order valence-corrected chi connectivity index (χ1v) is 7.67. The fourth-order valence-electron chi connectivity index (χ4n) is 2.86. The standard InChI is InChI=1S/C17H24N2O/c1-2-4-16-9-11-19(14-16)10-3-12-20-17-7-5-15(13-18)6-8-17/h5-8,16H,2-4,9-12,14H2,1H3. The van der Waals surface area contributed by atoms with Crippen LogP contribution in [0.5, 0.6) is 5.75 Å². The summed E-state index contributed by atoms with van der Waals surface area (Å²) in [5.74, 6) is 1.77. The quantitative estimate of drug-likeness (QED) is 0.713. The predicted octanol–water partition coefficient (Wildman–Crippen LogP) is 3.45. The van der Waals surface area contributed by atoms with E-state index in [0.29, 0.717) is 5.56 Å². The highest BCUT2D eigenvalue weighted by Crippen LogP contribution is 2.20. The topological polar surface area (TPSA) is 36.3 Å². The summed E-state index contributed by atoms with van der Waals surface area (Å²) in [4.78, 5) is 2.56. The molecule has 20 heavy (non-hydrogen) atoms. The molecule has 1 aromatic rings. The summed E-state index contributed by atoms with van der Waals surface area (Å²) in [7, 11) is 0. The van der Waals surface area contributed by atoms with E-state index >= 15 is 0 Å². The first-order chi connectivity index (χ1) is 9.81. The highest BCUT2D eigenvalue weighted by atomic mass is 16.5. The molecule has 0 spiro atoms. The molecule has 1 aliphatic heterocycles. The second-order valence-corrected chi connectivity index (χ2v) is 5.58. The van der Waals surface area contributed by atoms with Gasteiger partial charge in [-0.2, -0.15) is 5.26 Å². The van der Waals surface area contributed by atoms with E-state index in [1.54, 1.807) is 12.1 Å². The van der Waals surface area contributed by atoms with E-state index in [-0.39, 0.29) is 0 Å². The van der Waals surface area contributed by atoms with Crippen molar-refractivity contribution in [3.05, 3.63) is 29.8 Å². The molecule has 0 radical (unpaired) electrons. The average Bonchev–Trinajstić information content (AvgIpc) is 2.92. The van der Waals surface area contributed by atoms with Crippen LogP contribution in [0, 0.1) is 17.2 Å². The molecule has 0 bridgehead atoms. The molecular weight excluding hydrogens is 248 g/mol. The third-order valence-corrected chi connectivity index (χ3v) is 3.94. The summed E-state index contributed by atoms with van der Waals surface area (Å²) in [5, 5.41) is 8.73. The number of nitrogens with zero attached hydrogens (tertiary/aromatic N) is 2. The van der Waals surface area contributed by atoms with E-state index in [0.717, 1.165) is 31.2 Å². The van der Waals surface area contributed by atoms with Crippen LogP contribution in [0.4, 0.5) is 0 Å². The van der Waals surface area contributed by atoms with Crippen LogP contribution < -0.4 is 4.74 Å². The minimum atomic E-state index is 0.677. The van der Waals surface area contributed by atoms with Crippen LogP contribution in [-0.2, 0) is 0 Å². The first kappa shape index (κ1) is 14.9. The van der Waals surface area contributed by atoms with Crippen molar-refractivity contribution in [2.75, 3.05) is 26.2 Å². The van der Waals surface area contributed by atoms with Crippen LogP contribution in [0.15, 0.2) is 24.3 Å². The summed E-state index contributed by atoms with van der Waals surface area (Å²) in [6, 6.07) is 9.44. The number of ether oxygens (including phenoxy) is 1. The zero-order valence-electron chi connectivity index (χ0n) is 12.3. The summed E-state index contributed by atoms with van der Waals surface area (Å²) in [5.41, 5.74) is 0.677. The third kappa shape index (κ3) is 4.54. The van der Waals surface area contributed by atoms with E-state index in [1.807, 2.05) is 12.1 Å². The number of likely N-dealkylation sites (tertiary alicyclic amines) is 1. The lowest BCUT2D eigenvalue weighted by atomic mass is 10.0. The van der Waals surface area contributed by atoms with Crippen molar-refractivity contribution in [2.45, 2.75) is 32.6 Å². The molecule has 0 aromatic heterocycles. The number of nitriles is 1. The Balaban J connectivity index is 1.61. The lowest BCUT2D eigenvalue weighted by Crippen LogP contribution is -2.23. The number of benzene rings is 1. The molecule has 108 valence electrons. The fourth-order valence-corrected chi connectivity index (χ4v) is 2.86. The van der Waals surface area contributed by atoms with E-state index in [9.17, 15) is 0 Å². The Bertz CT molecular complexity index is 435. The van der Waals surface area contributed by atoms with Gasteiger partial charge in [-0.25, -0.2) is 0 Å². The smallest absolute Gasteiger partial charge is 0.119 e. The van der Waals surface area contributed by atoms with Crippen molar-refractivity contribution >= 4 is 0 Å². The second-order valence-electron chi connectivity index (χ2n) is 5.58. The molecule has 0 N–H and O–H groups in total. The molecular formula is C17H24N2O. The lowest BCUT2D eigenvalue weighted by Gasteiger charge is -2.16. The Morgan fingerprint density at radius 3 is 2.85 bits per heavy atom. The van der Waals surface area contributed by atoms with Gasteiger partial charge in [-0.05, 0) is 56.0 Å². The molecule has 1 aliphatic rings. The minimum absolute atomic E-state index is 0.677. The van der Waals surface area contributed by atoms with E-state index < -0.39 is 0 Å². The summed E-state index contributed by atoms with van der Waals surface area (Å²) in [6.07, 6.45) is 5.11. The first-order valence-electron chi connectivity index (χ1n) is 7.67. The molecule has 0 amide bonds. The average molecular weight is 272 g/mol. The molecule has 1 fully saturated rings. The zero-order valence-corrected chi connectivity index (χ0v) is 12.3. The molecule has 1 unspecified atom stereocenters. The Hall–Kier alpha value is -1.53. The monoisotopic (exact) mass is 272 g/mol. The largest absolute Gasteiger partial charge is 0.494 e. The number of hydrogen-bond donors (Lipinski definition) is 0. The van der Waals surface area contributed by atoms with Gasteiger partial charge in [0, 0.05) is 13.1 Å². The Morgan fingerprint density at radius 1 is 1.35 bits per heavy atom. The van der Waals surface area contributed by atoms with Crippen LogP contribution in [0.25, 0.3) is 0 Å². The molecule has 0 aliphatic carbocycles. The van der Waals surface area contributed by atoms with Crippen molar-refractivity contribution in [3.8, 4) is 11.8 Å². The van der Waals surface area contributed by atoms with Crippen LogP contribution in [0.2, 0.25) is 0 Å². The van der Waals surface area contributed by atoms with Gasteiger partial charge in [-0.1, -0.05) is 13.3 Å². The molecule has 1 aromatic carbocycles. The van der Waals surface area contributed by atoms with Gasteiger partial charge in [0.25, 0.3) is 0 Å². The molecule has 3 heteroatoms. The summed E-state index contributed by atoms with van der Waals surface area (Å²) in [6.45, 7) is 6.68. The van der Waals surface area contributed by atoms with Gasteiger partial charge >= 0.3 is 0 Å². The van der Waals surface area contributed by atoms with Gasteiger partial charge < -0.3 is 9.64 Å². The van der Waals surface area contributed by atoms with E-state index in [4.69, 9.17) is 10.00 Å². The number of rotatable bonds is 7.